The van der Waals surface area contributed by atoms with Crippen LogP contribution in [-0.4, -0.2) is 23.6 Å². The summed E-state index contributed by atoms with van der Waals surface area (Å²) < 4.78 is 43.4. The number of rotatable bonds is 6. The predicted molar refractivity (Wildman–Crippen MR) is 83.2 cm³/mol. The van der Waals surface area contributed by atoms with Crippen molar-refractivity contribution in [1.29, 1.82) is 0 Å². The number of benzene rings is 2. The number of hydrogen-bond donors (Lipinski definition) is 2. The number of aliphatic hydroxyl groups excluding tert-OH is 1. The summed E-state index contributed by atoms with van der Waals surface area (Å²) in [5.74, 6) is 0.648. The molecule has 1 unspecified atom stereocenters. The molecule has 2 N–H and O–H groups in total. The SMILES string of the molecule is OC(CCl)CNc1ccc(Oc2cccc(C(F)(F)F)c2)cc1. The number of aliphatic hydroxyl groups is 1. The molecule has 0 aliphatic rings. The van der Waals surface area contributed by atoms with Crippen molar-refractivity contribution >= 4 is 17.3 Å². The highest BCUT2D eigenvalue weighted by molar-refractivity contribution is 6.18. The Morgan fingerprint density at radius 2 is 1.78 bits per heavy atom. The third-order valence-electron chi connectivity index (χ3n) is 2.97. The Kier molecular flexibility index (Phi) is 5.74. The van der Waals surface area contributed by atoms with Gasteiger partial charge in [-0.1, -0.05) is 6.07 Å². The molecule has 0 saturated heterocycles. The fourth-order valence-corrected chi connectivity index (χ4v) is 1.91. The van der Waals surface area contributed by atoms with Gasteiger partial charge in [-0.3, -0.25) is 0 Å². The van der Waals surface area contributed by atoms with Crippen LogP contribution in [0.5, 0.6) is 11.5 Å². The van der Waals surface area contributed by atoms with Crippen molar-refractivity contribution in [3.8, 4) is 11.5 Å². The van der Waals surface area contributed by atoms with E-state index >= 15 is 0 Å². The fraction of sp³-hybridized carbons (Fsp3) is 0.250. The van der Waals surface area contributed by atoms with E-state index in [0.29, 0.717) is 12.3 Å². The summed E-state index contributed by atoms with van der Waals surface area (Å²) in [6.07, 6.45) is -5.06. The van der Waals surface area contributed by atoms with Crippen LogP contribution in [0.15, 0.2) is 48.5 Å². The minimum atomic E-state index is -4.41. The number of hydrogen-bond acceptors (Lipinski definition) is 3. The van der Waals surface area contributed by atoms with E-state index in [1.54, 1.807) is 24.3 Å². The van der Waals surface area contributed by atoms with Gasteiger partial charge in [-0.2, -0.15) is 13.2 Å². The van der Waals surface area contributed by atoms with E-state index in [1.165, 1.54) is 12.1 Å². The van der Waals surface area contributed by atoms with Crippen LogP contribution in [-0.2, 0) is 6.18 Å². The molecule has 124 valence electrons. The Morgan fingerprint density at radius 1 is 1.09 bits per heavy atom. The maximum atomic E-state index is 12.6. The highest BCUT2D eigenvalue weighted by atomic mass is 35.5. The molecule has 2 rings (SSSR count). The van der Waals surface area contributed by atoms with Gasteiger partial charge in [0.05, 0.1) is 17.5 Å². The lowest BCUT2D eigenvalue weighted by atomic mass is 10.2. The molecule has 0 heterocycles. The molecule has 7 heteroatoms. The van der Waals surface area contributed by atoms with Crippen molar-refractivity contribution in [3.05, 3.63) is 54.1 Å². The van der Waals surface area contributed by atoms with E-state index < -0.39 is 17.8 Å². The Balaban J connectivity index is 2.01. The fourth-order valence-electron chi connectivity index (χ4n) is 1.80. The first-order chi connectivity index (χ1) is 10.9. The van der Waals surface area contributed by atoms with E-state index in [9.17, 15) is 18.3 Å². The topological polar surface area (TPSA) is 41.5 Å². The average molecular weight is 346 g/mol. The summed E-state index contributed by atoms with van der Waals surface area (Å²) in [6, 6.07) is 11.3. The summed E-state index contributed by atoms with van der Waals surface area (Å²) >= 11 is 5.49. The number of ether oxygens (including phenoxy) is 1. The molecule has 2 aromatic carbocycles. The summed E-state index contributed by atoms with van der Waals surface area (Å²) in [6.45, 7) is 0.303. The quantitative estimate of drug-likeness (QED) is 0.757. The summed E-state index contributed by atoms with van der Waals surface area (Å²) in [5, 5.41) is 12.3. The van der Waals surface area contributed by atoms with E-state index in [4.69, 9.17) is 16.3 Å². The van der Waals surface area contributed by atoms with Gasteiger partial charge in [0.2, 0.25) is 0 Å². The zero-order valence-electron chi connectivity index (χ0n) is 12.0. The van der Waals surface area contributed by atoms with Crippen LogP contribution in [0.25, 0.3) is 0 Å². The molecule has 2 aromatic rings. The van der Waals surface area contributed by atoms with Gasteiger partial charge in [0, 0.05) is 12.2 Å². The van der Waals surface area contributed by atoms with Crippen LogP contribution in [0.1, 0.15) is 5.56 Å². The van der Waals surface area contributed by atoms with Crippen molar-refractivity contribution in [1.82, 2.24) is 0 Å². The lowest BCUT2D eigenvalue weighted by Gasteiger charge is -2.12. The summed E-state index contributed by atoms with van der Waals surface area (Å²) in [4.78, 5) is 0. The van der Waals surface area contributed by atoms with Gasteiger partial charge in [0.1, 0.15) is 11.5 Å². The third kappa shape index (κ3) is 5.33. The standard InChI is InChI=1S/C16H15ClF3NO2/c17-9-13(22)10-21-12-4-6-14(7-5-12)23-15-3-1-2-11(8-15)16(18,19)20/h1-8,13,21-22H,9-10H2. The number of halogens is 4. The monoisotopic (exact) mass is 345 g/mol. The zero-order chi connectivity index (χ0) is 16.9. The van der Waals surface area contributed by atoms with Gasteiger partial charge in [-0.05, 0) is 42.5 Å². The molecule has 3 nitrogen and oxygen atoms in total. The van der Waals surface area contributed by atoms with Crippen LogP contribution in [0.2, 0.25) is 0 Å². The lowest BCUT2D eigenvalue weighted by molar-refractivity contribution is -0.137. The highest BCUT2D eigenvalue weighted by Crippen LogP contribution is 2.32. The third-order valence-corrected chi connectivity index (χ3v) is 3.33. The Bertz CT molecular complexity index is 632. The van der Waals surface area contributed by atoms with E-state index in [0.717, 1.165) is 17.8 Å². The van der Waals surface area contributed by atoms with Gasteiger partial charge in [0.25, 0.3) is 0 Å². The number of nitrogens with one attached hydrogen (secondary N) is 1. The molecule has 0 saturated carbocycles. The molecule has 0 amide bonds. The van der Waals surface area contributed by atoms with Crippen LogP contribution < -0.4 is 10.1 Å². The normalized spacial score (nSPS) is 12.7. The molecule has 23 heavy (non-hydrogen) atoms. The first-order valence-corrected chi connectivity index (χ1v) is 7.35. The molecule has 0 radical (unpaired) electrons. The van der Waals surface area contributed by atoms with Gasteiger partial charge in [-0.25, -0.2) is 0 Å². The molecule has 0 aromatic heterocycles. The zero-order valence-corrected chi connectivity index (χ0v) is 12.7. The van der Waals surface area contributed by atoms with Crippen molar-refractivity contribution in [2.45, 2.75) is 12.3 Å². The molecular weight excluding hydrogens is 331 g/mol. The first kappa shape index (κ1) is 17.4. The second-order valence-electron chi connectivity index (χ2n) is 4.84. The van der Waals surface area contributed by atoms with Crippen molar-refractivity contribution in [3.63, 3.8) is 0 Å². The molecule has 0 bridgehead atoms. The minimum Gasteiger partial charge on any atom is -0.457 e. The van der Waals surface area contributed by atoms with E-state index in [2.05, 4.69) is 5.32 Å². The molecule has 1 atom stereocenters. The van der Waals surface area contributed by atoms with Crippen molar-refractivity contribution in [2.75, 3.05) is 17.7 Å². The largest absolute Gasteiger partial charge is 0.457 e. The second kappa shape index (κ2) is 7.57. The summed E-state index contributed by atoms with van der Waals surface area (Å²) in [7, 11) is 0. The van der Waals surface area contributed by atoms with Crippen molar-refractivity contribution < 1.29 is 23.0 Å². The molecular formula is C16H15ClF3NO2. The molecule has 0 spiro atoms. The molecule has 0 aliphatic carbocycles. The van der Waals surface area contributed by atoms with Gasteiger partial charge in [0.15, 0.2) is 0 Å². The number of anilines is 1. The average Bonchev–Trinajstić information content (AvgIpc) is 2.53. The van der Waals surface area contributed by atoms with Crippen LogP contribution in [0.4, 0.5) is 18.9 Å². The highest BCUT2D eigenvalue weighted by Gasteiger charge is 2.30. The maximum Gasteiger partial charge on any atom is 0.416 e. The molecule has 0 fully saturated rings. The van der Waals surface area contributed by atoms with Crippen LogP contribution in [0, 0.1) is 0 Å². The molecule has 0 aliphatic heterocycles. The Labute approximate surface area is 136 Å². The summed E-state index contributed by atoms with van der Waals surface area (Å²) in [5.41, 5.74) is -0.0195. The Hall–Kier alpha value is -1.92. The van der Waals surface area contributed by atoms with Gasteiger partial charge < -0.3 is 15.2 Å². The maximum absolute atomic E-state index is 12.6. The van der Waals surface area contributed by atoms with Gasteiger partial charge >= 0.3 is 6.18 Å². The van der Waals surface area contributed by atoms with Crippen LogP contribution >= 0.6 is 11.6 Å². The van der Waals surface area contributed by atoms with E-state index in [-0.39, 0.29) is 11.6 Å². The minimum absolute atomic E-state index is 0.109. The first-order valence-electron chi connectivity index (χ1n) is 6.81. The smallest absolute Gasteiger partial charge is 0.416 e. The van der Waals surface area contributed by atoms with E-state index in [1.807, 2.05) is 0 Å². The lowest BCUT2D eigenvalue weighted by Crippen LogP contribution is -2.20. The Morgan fingerprint density at radius 3 is 2.39 bits per heavy atom. The van der Waals surface area contributed by atoms with Crippen LogP contribution in [0.3, 0.4) is 0 Å². The van der Waals surface area contributed by atoms with Crippen molar-refractivity contribution in [2.24, 2.45) is 0 Å². The number of alkyl halides is 4. The predicted octanol–water partition coefficient (Wildman–Crippen LogP) is 4.51. The second-order valence-corrected chi connectivity index (χ2v) is 5.15. The van der Waals surface area contributed by atoms with Gasteiger partial charge in [-0.15, -0.1) is 11.6 Å².